The van der Waals surface area contributed by atoms with Gasteiger partial charge in [-0.25, -0.2) is 0 Å². The van der Waals surface area contributed by atoms with Crippen LogP contribution in [0.15, 0.2) is 42.5 Å². The minimum atomic E-state index is -0.119. The van der Waals surface area contributed by atoms with Crippen LogP contribution < -0.4 is 14.8 Å². The van der Waals surface area contributed by atoms with Crippen LogP contribution in [-0.4, -0.2) is 44.0 Å². The monoisotopic (exact) mass is 438 g/mol. The number of carbonyl (C=O) groups is 2. The van der Waals surface area contributed by atoms with Crippen LogP contribution in [0.5, 0.6) is 11.5 Å². The molecule has 0 spiro atoms. The zero-order valence-corrected chi connectivity index (χ0v) is 18.6. The predicted molar refractivity (Wildman–Crippen MR) is 123 cm³/mol. The molecule has 2 aromatic carbocycles. The van der Waals surface area contributed by atoms with Gasteiger partial charge in [0, 0.05) is 23.5 Å². The fourth-order valence-corrected chi connectivity index (χ4v) is 4.87. The number of methoxy groups -OCH3 is 2. The third-order valence-electron chi connectivity index (χ3n) is 5.47. The molecule has 0 radical (unpaired) electrons. The summed E-state index contributed by atoms with van der Waals surface area (Å²) in [5, 5.41) is 3.92. The van der Waals surface area contributed by atoms with Crippen LogP contribution in [-0.2, 0) is 11.2 Å². The first kappa shape index (κ1) is 21.2. The summed E-state index contributed by atoms with van der Waals surface area (Å²) in [5.74, 6) is 1.22. The summed E-state index contributed by atoms with van der Waals surface area (Å²) in [6.07, 6.45) is 3.57. The standard InChI is InChI=1S/C24H26N2O4S/c1-29-19-8-6-16(12-20(19)30-2)13-23(27)25-18-7-9-21-17(14-18)15-22(31-21)24(28)26-10-4-3-5-11-26/h6-9,12,14-15H,3-5,10-11,13H2,1-2H3,(H,25,27). The maximum atomic E-state index is 12.8. The lowest BCUT2D eigenvalue weighted by Crippen LogP contribution is -2.35. The average Bonchev–Trinajstić information content (AvgIpc) is 3.22. The zero-order valence-electron chi connectivity index (χ0n) is 17.8. The number of nitrogens with one attached hydrogen (secondary N) is 1. The molecule has 0 atom stereocenters. The second kappa shape index (κ2) is 9.39. The van der Waals surface area contributed by atoms with Crippen LogP contribution in [0.25, 0.3) is 10.1 Å². The highest BCUT2D eigenvalue weighted by Gasteiger charge is 2.20. The van der Waals surface area contributed by atoms with Gasteiger partial charge in [-0.3, -0.25) is 9.59 Å². The van der Waals surface area contributed by atoms with Gasteiger partial charge in [-0.05, 0) is 66.6 Å². The Morgan fingerprint density at radius 2 is 1.74 bits per heavy atom. The average molecular weight is 439 g/mol. The minimum Gasteiger partial charge on any atom is -0.493 e. The number of ether oxygens (including phenoxy) is 2. The van der Waals surface area contributed by atoms with Gasteiger partial charge in [0.15, 0.2) is 11.5 Å². The van der Waals surface area contributed by atoms with E-state index in [2.05, 4.69) is 5.32 Å². The van der Waals surface area contributed by atoms with Crippen molar-refractivity contribution in [1.29, 1.82) is 0 Å². The Kier molecular flexibility index (Phi) is 6.42. The molecule has 1 aromatic heterocycles. The van der Waals surface area contributed by atoms with Gasteiger partial charge in [0.1, 0.15) is 0 Å². The molecule has 1 N–H and O–H groups in total. The van der Waals surface area contributed by atoms with Gasteiger partial charge in [0.05, 0.1) is 25.5 Å². The van der Waals surface area contributed by atoms with E-state index in [-0.39, 0.29) is 18.2 Å². The van der Waals surface area contributed by atoms with Crippen molar-refractivity contribution in [3.05, 3.63) is 52.9 Å². The lowest BCUT2D eigenvalue weighted by molar-refractivity contribution is -0.115. The van der Waals surface area contributed by atoms with Crippen LogP contribution in [0.2, 0.25) is 0 Å². The molecule has 3 aromatic rings. The van der Waals surface area contributed by atoms with Crippen molar-refractivity contribution in [2.75, 3.05) is 32.6 Å². The van der Waals surface area contributed by atoms with Gasteiger partial charge < -0.3 is 19.7 Å². The lowest BCUT2D eigenvalue weighted by Gasteiger charge is -2.26. The van der Waals surface area contributed by atoms with Gasteiger partial charge >= 0.3 is 0 Å². The Morgan fingerprint density at radius 3 is 2.48 bits per heavy atom. The predicted octanol–water partition coefficient (Wildman–Crippen LogP) is 4.73. The smallest absolute Gasteiger partial charge is 0.263 e. The topological polar surface area (TPSA) is 67.9 Å². The molecule has 4 rings (SSSR count). The van der Waals surface area contributed by atoms with E-state index >= 15 is 0 Å². The Morgan fingerprint density at radius 1 is 0.968 bits per heavy atom. The summed E-state index contributed by atoms with van der Waals surface area (Å²) in [5.41, 5.74) is 1.55. The van der Waals surface area contributed by atoms with Gasteiger partial charge in [-0.15, -0.1) is 11.3 Å². The summed E-state index contributed by atoms with van der Waals surface area (Å²) in [7, 11) is 3.15. The van der Waals surface area contributed by atoms with Crippen molar-refractivity contribution in [3.63, 3.8) is 0 Å². The Labute approximate surface area is 185 Å². The van der Waals surface area contributed by atoms with Crippen LogP contribution >= 0.6 is 11.3 Å². The second-order valence-corrected chi connectivity index (χ2v) is 8.71. The van der Waals surface area contributed by atoms with E-state index in [0.29, 0.717) is 17.2 Å². The second-order valence-electron chi connectivity index (χ2n) is 7.63. The first-order valence-electron chi connectivity index (χ1n) is 10.4. The van der Waals surface area contributed by atoms with Gasteiger partial charge in [0.25, 0.3) is 5.91 Å². The van der Waals surface area contributed by atoms with E-state index in [9.17, 15) is 9.59 Å². The molecule has 31 heavy (non-hydrogen) atoms. The molecule has 7 heteroatoms. The van der Waals surface area contributed by atoms with Crippen molar-refractivity contribution < 1.29 is 19.1 Å². The molecule has 0 bridgehead atoms. The first-order chi connectivity index (χ1) is 15.1. The summed E-state index contributed by atoms with van der Waals surface area (Å²) in [6.45, 7) is 1.68. The number of fused-ring (bicyclic) bond motifs is 1. The summed E-state index contributed by atoms with van der Waals surface area (Å²) in [6, 6.07) is 13.1. The van der Waals surface area contributed by atoms with E-state index in [1.54, 1.807) is 26.4 Å². The fourth-order valence-electron chi connectivity index (χ4n) is 3.86. The number of amides is 2. The van der Waals surface area contributed by atoms with Crippen molar-refractivity contribution >= 4 is 38.9 Å². The van der Waals surface area contributed by atoms with E-state index < -0.39 is 0 Å². The Balaban J connectivity index is 1.45. The maximum Gasteiger partial charge on any atom is 0.263 e. The summed E-state index contributed by atoms with van der Waals surface area (Å²) in [4.78, 5) is 28.0. The highest BCUT2D eigenvalue weighted by Crippen LogP contribution is 2.30. The van der Waals surface area contributed by atoms with Crippen molar-refractivity contribution in [1.82, 2.24) is 4.90 Å². The van der Waals surface area contributed by atoms with Gasteiger partial charge in [0.2, 0.25) is 5.91 Å². The maximum absolute atomic E-state index is 12.8. The highest BCUT2D eigenvalue weighted by molar-refractivity contribution is 7.20. The number of thiophene rings is 1. The number of hydrogen-bond donors (Lipinski definition) is 1. The highest BCUT2D eigenvalue weighted by atomic mass is 32.1. The molecule has 6 nitrogen and oxygen atoms in total. The third-order valence-corrected chi connectivity index (χ3v) is 6.57. The number of rotatable bonds is 6. The minimum absolute atomic E-state index is 0.111. The zero-order chi connectivity index (χ0) is 21.8. The largest absolute Gasteiger partial charge is 0.493 e. The SMILES string of the molecule is COc1ccc(CC(=O)Nc2ccc3sc(C(=O)N4CCCCC4)cc3c2)cc1OC. The Hall–Kier alpha value is -3.06. The van der Waals surface area contributed by atoms with E-state index in [1.807, 2.05) is 35.2 Å². The summed E-state index contributed by atoms with van der Waals surface area (Å²) < 4.78 is 11.6. The van der Waals surface area contributed by atoms with E-state index in [1.165, 1.54) is 17.8 Å². The van der Waals surface area contributed by atoms with E-state index in [0.717, 1.165) is 46.5 Å². The molecule has 0 aliphatic carbocycles. The number of anilines is 1. The molecule has 1 fully saturated rings. The molecule has 0 unspecified atom stereocenters. The van der Waals surface area contributed by atoms with Crippen molar-refractivity contribution in [2.24, 2.45) is 0 Å². The number of piperidine rings is 1. The van der Waals surface area contributed by atoms with Gasteiger partial charge in [-0.2, -0.15) is 0 Å². The number of likely N-dealkylation sites (tertiary alicyclic amines) is 1. The number of hydrogen-bond acceptors (Lipinski definition) is 5. The first-order valence-corrected chi connectivity index (χ1v) is 11.2. The van der Waals surface area contributed by atoms with Crippen LogP contribution in [0, 0.1) is 0 Å². The van der Waals surface area contributed by atoms with Crippen LogP contribution in [0.4, 0.5) is 5.69 Å². The molecular formula is C24H26N2O4S. The molecule has 1 aliphatic rings. The van der Waals surface area contributed by atoms with Crippen molar-refractivity contribution in [2.45, 2.75) is 25.7 Å². The lowest BCUT2D eigenvalue weighted by atomic mass is 10.1. The fraction of sp³-hybridized carbons (Fsp3) is 0.333. The molecule has 1 saturated heterocycles. The molecule has 2 heterocycles. The van der Waals surface area contributed by atoms with Gasteiger partial charge in [-0.1, -0.05) is 6.07 Å². The normalized spacial score (nSPS) is 13.8. The number of benzene rings is 2. The molecule has 162 valence electrons. The quantitative estimate of drug-likeness (QED) is 0.604. The molecular weight excluding hydrogens is 412 g/mol. The number of carbonyl (C=O) groups excluding carboxylic acids is 2. The number of nitrogens with zero attached hydrogens (tertiary/aromatic N) is 1. The van der Waals surface area contributed by atoms with E-state index in [4.69, 9.17) is 9.47 Å². The summed E-state index contributed by atoms with van der Waals surface area (Å²) >= 11 is 1.51. The Bertz CT molecular complexity index is 1100. The van der Waals surface area contributed by atoms with Crippen molar-refractivity contribution in [3.8, 4) is 11.5 Å². The molecule has 1 aliphatic heterocycles. The molecule has 2 amide bonds. The molecule has 0 saturated carbocycles. The van der Waals surface area contributed by atoms with Crippen LogP contribution in [0.3, 0.4) is 0 Å². The van der Waals surface area contributed by atoms with Crippen LogP contribution in [0.1, 0.15) is 34.5 Å². The third kappa shape index (κ3) is 4.82.